The molecule has 0 saturated carbocycles. The minimum atomic E-state index is -0.296. The van der Waals surface area contributed by atoms with Gasteiger partial charge in [-0.1, -0.05) is 30.9 Å². The third-order valence-corrected chi connectivity index (χ3v) is 4.64. The Bertz CT molecular complexity index is 483. The summed E-state index contributed by atoms with van der Waals surface area (Å²) >= 11 is 6.97. The maximum absolute atomic E-state index is 12.4. The third-order valence-electron chi connectivity index (χ3n) is 3.01. The average molecular weight is 298 g/mol. The maximum atomic E-state index is 12.4. The highest BCUT2D eigenvalue weighted by molar-refractivity contribution is 8.24. The van der Waals surface area contributed by atoms with Crippen LogP contribution >= 0.6 is 24.0 Å². The maximum Gasteiger partial charge on any atom is 0.254 e. The topological polar surface area (TPSA) is 42.5 Å². The lowest BCUT2D eigenvalue weighted by atomic mass is 10.1. The van der Waals surface area contributed by atoms with Crippen molar-refractivity contribution in [2.75, 3.05) is 6.54 Å². The van der Waals surface area contributed by atoms with Crippen LogP contribution in [0.15, 0.2) is 22.8 Å². The van der Waals surface area contributed by atoms with Crippen molar-refractivity contribution in [1.29, 1.82) is 0 Å². The lowest BCUT2D eigenvalue weighted by Crippen LogP contribution is -2.48. The molecule has 1 atom stereocenters. The average Bonchev–Trinajstić information content (AvgIpc) is 2.86. The molecule has 2 rings (SSSR count). The molecule has 1 fully saturated rings. The van der Waals surface area contributed by atoms with Crippen molar-refractivity contribution in [1.82, 2.24) is 4.90 Å². The lowest BCUT2D eigenvalue weighted by Gasteiger charge is -2.29. The molecule has 1 aromatic heterocycles. The Kier molecular flexibility index (Phi) is 4.20. The normalized spacial score (nSPS) is 23.1. The number of nitrogens with zero attached hydrogens (tertiary/aromatic N) is 2. The van der Waals surface area contributed by atoms with E-state index in [1.165, 1.54) is 6.21 Å². The Balaban J connectivity index is 2.30. The number of thioether (sulfide) groups is 1. The van der Waals surface area contributed by atoms with Crippen molar-refractivity contribution >= 4 is 34.5 Å². The van der Waals surface area contributed by atoms with Crippen LogP contribution in [0, 0.1) is 5.21 Å². The summed E-state index contributed by atoms with van der Waals surface area (Å²) < 4.78 is 6.72. The van der Waals surface area contributed by atoms with E-state index >= 15 is 0 Å². The Morgan fingerprint density at radius 1 is 1.63 bits per heavy atom. The molecule has 0 aromatic carbocycles. The van der Waals surface area contributed by atoms with Crippen LogP contribution in [0.5, 0.6) is 0 Å². The van der Waals surface area contributed by atoms with Gasteiger partial charge in [-0.05, 0) is 32.4 Å². The van der Waals surface area contributed by atoms with Gasteiger partial charge in [0.05, 0.1) is 6.26 Å². The fourth-order valence-corrected chi connectivity index (χ4v) is 4.20. The van der Waals surface area contributed by atoms with Gasteiger partial charge in [-0.3, -0.25) is 4.90 Å². The molecule has 0 bridgehead atoms. The third kappa shape index (κ3) is 2.95. The fourth-order valence-electron chi connectivity index (χ4n) is 2.27. The number of hydrogen-bond donors (Lipinski definition) is 0. The summed E-state index contributed by atoms with van der Waals surface area (Å²) in [6, 6.07) is 3.53. The summed E-state index contributed by atoms with van der Waals surface area (Å²) in [5.41, 5.74) is 0. The molecule has 1 aliphatic heterocycles. The predicted molar refractivity (Wildman–Crippen MR) is 82.6 cm³/mol. The zero-order valence-corrected chi connectivity index (χ0v) is 13.0. The summed E-state index contributed by atoms with van der Waals surface area (Å²) in [6.45, 7) is 6.97. The summed E-state index contributed by atoms with van der Waals surface area (Å²) in [5, 5.41) is 12.4. The van der Waals surface area contributed by atoms with Gasteiger partial charge in [0.15, 0.2) is 5.76 Å². The predicted octanol–water partition coefficient (Wildman–Crippen LogP) is 3.06. The van der Waals surface area contributed by atoms with Crippen molar-refractivity contribution in [3.8, 4) is 0 Å². The summed E-state index contributed by atoms with van der Waals surface area (Å²) in [5.74, 6) is 0.560. The first-order chi connectivity index (χ1) is 8.95. The molecule has 6 heteroatoms. The Morgan fingerprint density at radius 3 is 2.95 bits per heavy atom. The molecule has 0 aliphatic carbocycles. The Morgan fingerprint density at radius 2 is 2.37 bits per heavy atom. The van der Waals surface area contributed by atoms with E-state index in [9.17, 15) is 5.21 Å². The molecule has 2 heterocycles. The molecule has 1 unspecified atom stereocenters. The van der Waals surface area contributed by atoms with Crippen molar-refractivity contribution in [3.63, 3.8) is 0 Å². The zero-order chi connectivity index (χ0) is 14.0. The molecule has 1 saturated heterocycles. The van der Waals surface area contributed by atoms with Gasteiger partial charge in [-0.2, -0.15) is 4.74 Å². The highest BCUT2D eigenvalue weighted by atomic mass is 32.2. The first-order valence-electron chi connectivity index (χ1n) is 6.29. The number of rotatable bonds is 4. The molecular formula is C13H18N2O2S2. The zero-order valence-electron chi connectivity index (χ0n) is 11.3. The van der Waals surface area contributed by atoms with Crippen LogP contribution in [0.2, 0.25) is 0 Å². The Hall–Kier alpha value is -1.01. The molecule has 0 spiro atoms. The molecule has 19 heavy (non-hydrogen) atoms. The molecule has 4 nitrogen and oxygen atoms in total. The highest BCUT2D eigenvalue weighted by Crippen LogP contribution is 2.41. The SMILES string of the molecule is CCCN1C(=S)SC(C)(C)C1[N+]([O-])=Cc1ccco1. The quantitative estimate of drug-likeness (QED) is 0.281. The van der Waals surface area contributed by atoms with Gasteiger partial charge in [0.2, 0.25) is 6.21 Å². The Labute approximate surface area is 123 Å². The highest BCUT2D eigenvalue weighted by Gasteiger charge is 2.50. The summed E-state index contributed by atoms with van der Waals surface area (Å²) in [7, 11) is 0. The van der Waals surface area contributed by atoms with E-state index in [-0.39, 0.29) is 10.9 Å². The van der Waals surface area contributed by atoms with Crippen LogP contribution in [0.4, 0.5) is 0 Å². The van der Waals surface area contributed by atoms with Crippen molar-refractivity contribution in [2.24, 2.45) is 0 Å². The smallest absolute Gasteiger partial charge is 0.254 e. The monoisotopic (exact) mass is 298 g/mol. The minimum Gasteiger partial charge on any atom is -0.622 e. The number of thiocarbonyl (C=S) groups is 1. The number of hydrogen-bond acceptors (Lipinski definition) is 4. The van der Waals surface area contributed by atoms with E-state index in [1.807, 2.05) is 18.7 Å². The second kappa shape index (κ2) is 5.54. The van der Waals surface area contributed by atoms with Crippen molar-refractivity contribution in [2.45, 2.75) is 38.1 Å². The van der Waals surface area contributed by atoms with Gasteiger partial charge >= 0.3 is 0 Å². The molecule has 0 amide bonds. The van der Waals surface area contributed by atoms with Crippen LogP contribution in [0.25, 0.3) is 0 Å². The lowest BCUT2D eigenvalue weighted by molar-refractivity contribution is -0.524. The standard InChI is InChI=1S/C13H18N2O2S2/c1-4-7-14-11(13(2,3)19-12(14)18)15(16)9-10-6-5-8-17-10/h5-6,8-9,11H,4,7H2,1-3H3. The molecule has 0 N–H and O–H groups in total. The summed E-state index contributed by atoms with van der Waals surface area (Å²) in [6.07, 6.45) is 3.71. The van der Waals surface area contributed by atoms with E-state index in [1.54, 1.807) is 30.2 Å². The molecule has 104 valence electrons. The van der Waals surface area contributed by atoms with Crippen molar-refractivity contribution in [3.05, 3.63) is 29.4 Å². The first-order valence-corrected chi connectivity index (χ1v) is 7.51. The second-order valence-electron chi connectivity index (χ2n) is 5.04. The minimum absolute atomic E-state index is 0.239. The number of hydroxylamine groups is 1. The van der Waals surface area contributed by atoms with E-state index in [2.05, 4.69) is 6.92 Å². The van der Waals surface area contributed by atoms with Crippen LogP contribution in [-0.4, -0.2) is 37.6 Å². The number of furan rings is 1. The van der Waals surface area contributed by atoms with Gasteiger partial charge in [-0.25, -0.2) is 0 Å². The fraction of sp³-hybridized carbons (Fsp3) is 0.538. The van der Waals surface area contributed by atoms with Gasteiger partial charge in [0.25, 0.3) is 6.17 Å². The molecular weight excluding hydrogens is 280 g/mol. The van der Waals surface area contributed by atoms with Gasteiger partial charge in [-0.15, -0.1) is 0 Å². The van der Waals surface area contributed by atoms with E-state index < -0.39 is 0 Å². The second-order valence-corrected chi connectivity index (χ2v) is 7.33. The van der Waals surface area contributed by atoms with Crippen LogP contribution in [-0.2, 0) is 0 Å². The van der Waals surface area contributed by atoms with Crippen LogP contribution in [0.1, 0.15) is 33.0 Å². The van der Waals surface area contributed by atoms with Gasteiger partial charge < -0.3 is 9.62 Å². The van der Waals surface area contributed by atoms with Crippen molar-refractivity contribution < 1.29 is 9.16 Å². The van der Waals surface area contributed by atoms with Crippen LogP contribution in [0.3, 0.4) is 0 Å². The van der Waals surface area contributed by atoms with E-state index in [0.29, 0.717) is 5.76 Å². The van der Waals surface area contributed by atoms with Gasteiger partial charge in [0, 0.05) is 6.54 Å². The van der Waals surface area contributed by atoms with E-state index in [0.717, 1.165) is 22.0 Å². The van der Waals surface area contributed by atoms with Crippen LogP contribution < -0.4 is 0 Å². The van der Waals surface area contributed by atoms with Gasteiger partial charge in [0.1, 0.15) is 9.07 Å². The molecule has 1 aliphatic rings. The molecule has 0 radical (unpaired) electrons. The summed E-state index contributed by atoms with van der Waals surface area (Å²) in [4.78, 5) is 2.01. The largest absolute Gasteiger partial charge is 0.622 e. The molecule has 1 aromatic rings. The van der Waals surface area contributed by atoms with E-state index in [4.69, 9.17) is 16.6 Å². The first kappa shape index (κ1) is 14.4.